The van der Waals surface area contributed by atoms with E-state index >= 15 is 0 Å². The molecule has 0 aromatic heterocycles. The van der Waals surface area contributed by atoms with E-state index in [1.165, 1.54) is 43.5 Å². The van der Waals surface area contributed by atoms with E-state index in [4.69, 9.17) is 14.5 Å². The van der Waals surface area contributed by atoms with Crippen molar-refractivity contribution in [3.63, 3.8) is 0 Å². The zero-order valence-corrected chi connectivity index (χ0v) is 22.1. The molecular weight excluding hydrogens is 472 g/mol. The second-order valence-electron chi connectivity index (χ2n) is 10.6. The van der Waals surface area contributed by atoms with Gasteiger partial charge in [-0.15, -0.1) is 0 Å². The van der Waals surface area contributed by atoms with E-state index in [2.05, 4.69) is 77.7 Å². The molecule has 1 aliphatic carbocycles. The van der Waals surface area contributed by atoms with Crippen molar-refractivity contribution in [3.05, 3.63) is 101 Å². The molecule has 5 heteroatoms. The van der Waals surface area contributed by atoms with Crippen LogP contribution in [0.3, 0.4) is 0 Å². The summed E-state index contributed by atoms with van der Waals surface area (Å²) in [6.45, 7) is 4.06. The first-order chi connectivity index (χ1) is 18.6. The number of fused-ring (bicyclic) bond motifs is 1. The van der Waals surface area contributed by atoms with Crippen LogP contribution < -0.4 is 4.74 Å². The van der Waals surface area contributed by atoms with Crippen molar-refractivity contribution in [1.82, 2.24) is 4.90 Å². The van der Waals surface area contributed by atoms with E-state index < -0.39 is 5.54 Å². The Kier molecular flexibility index (Phi) is 7.05. The van der Waals surface area contributed by atoms with Crippen LogP contribution in [0, 0.1) is 0 Å². The third-order valence-electron chi connectivity index (χ3n) is 8.25. The van der Waals surface area contributed by atoms with Crippen LogP contribution in [-0.2, 0) is 16.7 Å². The maximum absolute atomic E-state index is 10.2. The highest BCUT2D eigenvalue weighted by atomic mass is 16.5. The van der Waals surface area contributed by atoms with Crippen LogP contribution in [0.4, 0.5) is 0 Å². The minimum atomic E-state index is -0.641. The number of aryl methyl sites for hydroxylation is 1. The van der Waals surface area contributed by atoms with Gasteiger partial charge in [-0.05, 0) is 90.4 Å². The van der Waals surface area contributed by atoms with Gasteiger partial charge in [0.25, 0.3) is 0 Å². The highest BCUT2D eigenvalue weighted by molar-refractivity contribution is 5.82. The van der Waals surface area contributed by atoms with Gasteiger partial charge in [0, 0.05) is 6.54 Å². The van der Waals surface area contributed by atoms with Crippen molar-refractivity contribution in [2.75, 3.05) is 33.4 Å². The van der Waals surface area contributed by atoms with Crippen molar-refractivity contribution >= 4 is 6.21 Å². The van der Waals surface area contributed by atoms with Gasteiger partial charge in [0.1, 0.15) is 23.7 Å². The molecular formula is C33H36N2O3. The summed E-state index contributed by atoms with van der Waals surface area (Å²) in [4.78, 5) is 7.45. The summed E-state index contributed by atoms with van der Waals surface area (Å²) in [5, 5.41) is 10.2. The van der Waals surface area contributed by atoms with Crippen molar-refractivity contribution in [2.45, 2.75) is 43.7 Å². The molecule has 0 spiro atoms. The fourth-order valence-electron chi connectivity index (χ4n) is 6.01. The summed E-state index contributed by atoms with van der Waals surface area (Å²) < 4.78 is 11.6. The molecule has 5 nitrogen and oxygen atoms in total. The lowest BCUT2D eigenvalue weighted by atomic mass is 9.83. The maximum atomic E-state index is 10.2. The number of piperidine rings is 1. The van der Waals surface area contributed by atoms with Crippen LogP contribution in [0.15, 0.2) is 83.6 Å². The lowest BCUT2D eigenvalue weighted by Crippen LogP contribution is -2.33. The molecule has 1 saturated heterocycles. The van der Waals surface area contributed by atoms with E-state index in [9.17, 15) is 5.11 Å². The predicted molar refractivity (Wildman–Crippen MR) is 152 cm³/mol. The molecule has 2 atom stereocenters. The fourth-order valence-corrected chi connectivity index (χ4v) is 6.01. The van der Waals surface area contributed by atoms with Crippen LogP contribution in [0.2, 0.25) is 0 Å². The van der Waals surface area contributed by atoms with Gasteiger partial charge in [-0.3, -0.25) is 9.89 Å². The minimum absolute atomic E-state index is 0.324. The Morgan fingerprint density at radius 3 is 2.34 bits per heavy atom. The van der Waals surface area contributed by atoms with Gasteiger partial charge in [-0.2, -0.15) is 0 Å². The normalized spacial score (nSPS) is 22.8. The summed E-state index contributed by atoms with van der Waals surface area (Å²) >= 11 is 0. The van der Waals surface area contributed by atoms with E-state index in [0.29, 0.717) is 6.61 Å². The number of allylic oxidation sites excluding steroid dienone is 1. The third kappa shape index (κ3) is 4.89. The number of hydrogen-bond donors (Lipinski definition) is 1. The average Bonchev–Trinajstić information content (AvgIpc) is 3.58. The Morgan fingerprint density at radius 1 is 0.921 bits per heavy atom. The minimum Gasteiger partial charge on any atom is -0.495 e. The molecule has 3 aromatic carbocycles. The Hall–Kier alpha value is -3.41. The molecule has 2 aliphatic heterocycles. The van der Waals surface area contributed by atoms with E-state index in [1.54, 1.807) is 7.11 Å². The molecule has 0 bridgehead atoms. The third-order valence-corrected chi connectivity index (χ3v) is 8.25. The largest absolute Gasteiger partial charge is 0.495 e. The van der Waals surface area contributed by atoms with Gasteiger partial charge < -0.3 is 14.6 Å². The summed E-state index contributed by atoms with van der Waals surface area (Å²) in [6.07, 6.45) is 9.27. The van der Waals surface area contributed by atoms with Crippen LogP contribution in [0.1, 0.15) is 54.0 Å². The molecule has 2 unspecified atom stereocenters. The van der Waals surface area contributed by atoms with E-state index in [0.717, 1.165) is 53.1 Å². The van der Waals surface area contributed by atoms with E-state index in [1.807, 2.05) is 6.21 Å². The van der Waals surface area contributed by atoms with Gasteiger partial charge in [-0.25, -0.2) is 0 Å². The zero-order valence-electron chi connectivity index (χ0n) is 22.1. The summed E-state index contributed by atoms with van der Waals surface area (Å²) in [7, 11) is 1.68. The highest BCUT2D eigenvalue weighted by Crippen LogP contribution is 2.41. The standard InChI is InChI=1S/C33H36N2O3/c1-37-30-22-33(34-23-30,28-11-13-29(14-12-28)38-20-19-35-17-3-2-4-18-35)27-9-5-24(6-10-27)25-7-15-31-26(21-25)8-16-32(31)36/h5-7,9-15,21-23,32,36H,2-4,8,16-20H2,1H3. The molecule has 196 valence electrons. The number of rotatable bonds is 8. The van der Waals surface area contributed by atoms with Crippen molar-refractivity contribution in [2.24, 2.45) is 4.99 Å². The van der Waals surface area contributed by atoms with Gasteiger partial charge in [0.05, 0.1) is 19.4 Å². The molecule has 3 aliphatic rings. The van der Waals surface area contributed by atoms with Crippen molar-refractivity contribution in [3.8, 4) is 16.9 Å². The molecule has 6 rings (SSSR count). The number of hydrogen-bond acceptors (Lipinski definition) is 5. The van der Waals surface area contributed by atoms with Crippen LogP contribution in [0.25, 0.3) is 11.1 Å². The monoisotopic (exact) mass is 508 g/mol. The van der Waals surface area contributed by atoms with Gasteiger partial charge >= 0.3 is 0 Å². The average molecular weight is 509 g/mol. The first-order valence-corrected chi connectivity index (χ1v) is 13.8. The number of nitrogens with zero attached hydrogens (tertiary/aromatic N) is 2. The Morgan fingerprint density at radius 2 is 1.63 bits per heavy atom. The SMILES string of the molecule is COC1=CC(c2ccc(OCCN3CCCCC3)cc2)(c2ccc(-c3ccc4c(c3)CCC4O)cc2)N=C1. The quantitative estimate of drug-likeness (QED) is 0.402. The zero-order chi connectivity index (χ0) is 26.0. The number of aliphatic hydroxyl groups is 1. The predicted octanol–water partition coefficient (Wildman–Crippen LogP) is 6.06. The number of ether oxygens (including phenoxy) is 2. The molecule has 0 saturated carbocycles. The number of aliphatic hydroxyl groups excluding tert-OH is 1. The summed E-state index contributed by atoms with van der Waals surface area (Å²) in [5.41, 5.74) is 6.17. The first kappa shape index (κ1) is 24.9. The Balaban J connectivity index is 1.22. The van der Waals surface area contributed by atoms with Gasteiger partial charge in [0.2, 0.25) is 0 Å². The Labute approximate surface area is 225 Å². The molecule has 0 amide bonds. The molecule has 1 fully saturated rings. The summed E-state index contributed by atoms with van der Waals surface area (Å²) in [6, 6.07) is 23.4. The van der Waals surface area contributed by atoms with Crippen LogP contribution in [-0.4, -0.2) is 49.6 Å². The van der Waals surface area contributed by atoms with Crippen molar-refractivity contribution in [1.29, 1.82) is 0 Å². The lowest BCUT2D eigenvalue weighted by Gasteiger charge is -2.27. The van der Waals surface area contributed by atoms with Crippen LogP contribution in [0.5, 0.6) is 5.75 Å². The smallest absolute Gasteiger partial charge is 0.135 e. The number of methoxy groups -OCH3 is 1. The number of benzene rings is 3. The number of aliphatic imine (C=N–C) groups is 1. The summed E-state index contributed by atoms with van der Waals surface area (Å²) in [5.74, 6) is 1.64. The van der Waals surface area contributed by atoms with Gasteiger partial charge in [-0.1, -0.05) is 61.0 Å². The molecule has 1 N–H and O–H groups in total. The lowest BCUT2D eigenvalue weighted by molar-refractivity contribution is 0.180. The second kappa shape index (κ2) is 10.8. The molecule has 38 heavy (non-hydrogen) atoms. The molecule has 2 heterocycles. The van der Waals surface area contributed by atoms with Crippen LogP contribution >= 0.6 is 0 Å². The van der Waals surface area contributed by atoms with Gasteiger partial charge in [0.15, 0.2) is 0 Å². The topological polar surface area (TPSA) is 54.3 Å². The highest BCUT2D eigenvalue weighted by Gasteiger charge is 2.35. The first-order valence-electron chi connectivity index (χ1n) is 13.8. The molecule has 0 radical (unpaired) electrons. The second-order valence-corrected chi connectivity index (χ2v) is 10.6. The fraction of sp³-hybridized carbons (Fsp3) is 0.364. The van der Waals surface area contributed by atoms with E-state index in [-0.39, 0.29) is 6.10 Å². The number of likely N-dealkylation sites (tertiary alicyclic amines) is 1. The molecule has 3 aromatic rings. The Bertz CT molecular complexity index is 1320. The maximum Gasteiger partial charge on any atom is 0.135 e. The van der Waals surface area contributed by atoms with Crippen molar-refractivity contribution < 1.29 is 14.6 Å².